The second-order valence-electron chi connectivity index (χ2n) is 4.80. The number of amides is 1. The molecule has 2 heterocycles. The van der Waals surface area contributed by atoms with Crippen LogP contribution in [0.15, 0.2) is 59.5 Å². The lowest BCUT2D eigenvalue weighted by molar-refractivity contribution is 0.0995. The Labute approximate surface area is 122 Å². The molecule has 3 rings (SSSR count). The van der Waals surface area contributed by atoms with Gasteiger partial charge in [-0.15, -0.1) is 0 Å². The summed E-state index contributed by atoms with van der Waals surface area (Å²) in [6.45, 7) is 2.52. The third-order valence-corrected chi connectivity index (χ3v) is 3.07. The molecule has 0 aliphatic rings. The van der Waals surface area contributed by atoms with Gasteiger partial charge in [0.15, 0.2) is 5.76 Å². The molecule has 5 heteroatoms. The van der Waals surface area contributed by atoms with E-state index in [9.17, 15) is 4.79 Å². The number of furan rings is 1. The maximum Gasteiger partial charge on any atom is 0.291 e. The Hall–Kier alpha value is -2.82. The standard InChI is InChI=1S/C16H15N3O2/c1-12-5-6-15(21-12)16(20)18-14-4-2-3-13(9-14)10-19-8-7-17-11-19/h2-9,11H,10H2,1H3,(H,18,20). The number of benzene rings is 1. The van der Waals surface area contributed by atoms with Crippen LogP contribution in [0, 0.1) is 6.92 Å². The van der Waals surface area contributed by atoms with Gasteiger partial charge in [0, 0.05) is 24.6 Å². The first kappa shape index (κ1) is 13.2. The molecule has 1 amide bonds. The normalized spacial score (nSPS) is 10.5. The van der Waals surface area contributed by atoms with Gasteiger partial charge in [-0.3, -0.25) is 4.79 Å². The smallest absolute Gasteiger partial charge is 0.291 e. The molecule has 5 nitrogen and oxygen atoms in total. The van der Waals surface area contributed by atoms with Crippen LogP contribution in [0.4, 0.5) is 5.69 Å². The number of aryl methyl sites for hydroxylation is 1. The quantitative estimate of drug-likeness (QED) is 0.799. The summed E-state index contributed by atoms with van der Waals surface area (Å²) in [7, 11) is 0. The summed E-state index contributed by atoms with van der Waals surface area (Å²) in [4.78, 5) is 16.0. The van der Waals surface area contributed by atoms with Gasteiger partial charge < -0.3 is 14.3 Å². The first-order chi connectivity index (χ1) is 10.2. The Morgan fingerprint density at radius 3 is 2.95 bits per heavy atom. The highest BCUT2D eigenvalue weighted by atomic mass is 16.3. The molecule has 0 spiro atoms. The highest BCUT2D eigenvalue weighted by molar-refractivity contribution is 6.02. The summed E-state index contributed by atoms with van der Waals surface area (Å²) in [6.07, 6.45) is 5.40. The van der Waals surface area contributed by atoms with Gasteiger partial charge >= 0.3 is 0 Å². The van der Waals surface area contributed by atoms with Crippen LogP contribution in [-0.4, -0.2) is 15.5 Å². The van der Waals surface area contributed by atoms with Crippen LogP contribution in [0.1, 0.15) is 21.9 Å². The summed E-state index contributed by atoms with van der Waals surface area (Å²) >= 11 is 0. The molecule has 0 aliphatic carbocycles. The fourth-order valence-corrected chi connectivity index (χ4v) is 2.09. The van der Waals surface area contributed by atoms with Gasteiger partial charge in [0.05, 0.1) is 6.33 Å². The Kier molecular flexibility index (Phi) is 3.55. The number of carbonyl (C=O) groups excluding carboxylic acids is 1. The van der Waals surface area contributed by atoms with Crippen LogP contribution in [0.2, 0.25) is 0 Å². The van der Waals surface area contributed by atoms with Crippen molar-refractivity contribution in [3.63, 3.8) is 0 Å². The van der Waals surface area contributed by atoms with Gasteiger partial charge in [-0.2, -0.15) is 0 Å². The molecular formula is C16H15N3O2. The minimum Gasteiger partial charge on any atom is -0.456 e. The van der Waals surface area contributed by atoms with Crippen LogP contribution in [0.3, 0.4) is 0 Å². The average Bonchev–Trinajstić information content (AvgIpc) is 3.11. The summed E-state index contributed by atoms with van der Waals surface area (Å²) in [5.41, 5.74) is 1.83. The number of anilines is 1. The maximum atomic E-state index is 12.0. The molecule has 21 heavy (non-hydrogen) atoms. The van der Waals surface area contributed by atoms with Crippen LogP contribution in [0.5, 0.6) is 0 Å². The molecule has 0 fully saturated rings. The molecule has 0 bridgehead atoms. The Morgan fingerprint density at radius 2 is 2.24 bits per heavy atom. The Bertz CT molecular complexity index is 744. The van der Waals surface area contributed by atoms with Crippen molar-refractivity contribution >= 4 is 11.6 Å². The van der Waals surface area contributed by atoms with E-state index in [1.54, 1.807) is 24.7 Å². The number of carbonyl (C=O) groups is 1. The zero-order chi connectivity index (χ0) is 14.7. The van der Waals surface area contributed by atoms with E-state index < -0.39 is 0 Å². The Balaban J connectivity index is 1.72. The number of imidazole rings is 1. The van der Waals surface area contributed by atoms with Crippen molar-refractivity contribution in [3.8, 4) is 0 Å². The monoisotopic (exact) mass is 281 g/mol. The Morgan fingerprint density at radius 1 is 1.33 bits per heavy atom. The first-order valence-electron chi connectivity index (χ1n) is 6.63. The molecule has 1 N–H and O–H groups in total. The van der Waals surface area contributed by atoms with Crippen LogP contribution in [0.25, 0.3) is 0 Å². The molecule has 0 radical (unpaired) electrons. The first-order valence-corrected chi connectivity index (χ1v) is 6.63. The second kappa shape index (κ2) is 5.66. The van der Waals surface area contributed by atoms with E-state index in [1.807, 2.05) is 42.0 Å². The van der Waals surface area contributed by atoms with Crippen molar-refractivity contribution in [3.05, 3.63) is 72.2 Å². The van der Waals surface area contributed by atoms with Gasteiger partial charge in [-0.1, -0.05) is 12.1 Å². The minimum atomic E-state index is -0.247. The lowest BCUT2D eigenvalue weighted by Crippen LogP contribution is -2.11. The zero-order valence-electron chi connectivity index (χ0n) is 11.6. The number of nitrogens with one attached hydrogen (secondary N) is 1. The molecular weight excluding hydrogens is 266 g/mol. The van der Waals surface area contributed by atoms with Crippen molar-refractivity contribution in [2.24, 2.45) is 0 Å². The van der Waals surface area contributed by atoms with Crippen molar-refractivity contribution in [2.75, 3.05) is 5.32 Å². The fraction of sp³-hybridized carbons (Fsp3) is 0.125. The molecule has 0 saturated heterocycles. The lowest BCUT2D eigenvalue weighted by Gasteiger charge is -2.07. The van der Waals surface area contributed by atoms with Gasteiger partial charge in [0.2, 0.25) is 0 Å². The van der Waals surface area contributed by atoms with Crippen LogP contribution < -0.4 is 5.32 Å². The number of rotatable bonds is 4. The number of hydrogen-bond acceptors (Lipinski definition) is 3. The summed E-state index contributed by atoms with van der Waals surface area (Å²) in [5.74, 6) is 0.782. The third kappa shape index (κ3) is 3.20. The van der Waals surface area contributed by atoms with Crippen molar-refractivity contribution in [1.29, 1.82) is 0 Å². The molecule has 0 saturated carbocycles. The van der Waals surface area contributed by atoms with Gasteiger partial charge in [0.1, 0.15) is 5.76 Å². The number of nitrogens with zero attached hydrogens (tertiary/aromatic N) is 2. The zero-order valence-corrected chi connectivity index (χ0v) is 11.6. The highest BCUT2D eigenvalue weighted by Crippen LogP contribution is 2.14. The topological polar surface area (TPSA) is 60.1 Å². The largest absolute Gasteiger partial charge is 0.456 e. The summed E-state index contributed by atoms with van der Waals surface area (Å²) in [6, 6.07) is 11.1. The van der Waals surface area contributed by atoms with E-state index >= 15 is 0 Å². The molecule has 3 aromatic rings. The van der Waals surface area contributed by atoms with E-state index in [1.165, 1.54) is 0 Å². The molecule has 1 aromatic carbocycles. The lowest BCUT2D eigenvalue weighted by atomic mass is 10.2. The summed E-state index contributed by atoms with van der Waals surface area (Å²) in [5, 5.41) is 2.83. The van der Waals surface area contributed by atoms with Crippen molar-refractivity contribution in [1.82, 2.24) is 9.55 Å². The highest BCUT2D eigenvalue weighted by Gasteiger charge is 2.10. The van der Waals surface area contributed by atoms with E-state index in [0.717, 1.165) is 11.3 Å². The minimum absolute atomic E-state index is 0.247. The van der Waals surface area contributed by atoms with Crippen LogP contribution >= 0.6 is 0 Å². The fourth-order valence-electron chi connectivity index (χ4n) is 2.09. The molecule has 0 unspecified atom stereocenters. The van der Waals surface area contributed by atoms with Crippen molar-refractivity contribution in [2.45, 2.75) is 13.5 Å². The predicted octanol–water partition coefficient (Wildman–Crippen LogP) is 3.09. The second-order valence-corrected chi connectivity index (χ2v) is 4.80. The number of hydrogen-bond donors (Lipinski definition) is 1. The maximum absolute atomic E-state index is 12.0. The van der Waals surface area contributed by atoms with Crippen LogP contribution in [-0.2, 0) is 6.54 Å². The molecule has 0 aliphatic heterocycles. The predicted molar refractivity (Wildman–Crippen MR) is 79.2 cm³/mol. The SMILES string of the molecule is Cc1ccc(C(=O)Nc2cccc(Cn3ccnc3)c2)o1. The van der Waals surface area contributed by atoms with E-state index in [2.05, 4.69) is 10.3 Å². The molecule has 2 aromatic heterocycles. The van der Waals surface area contributed by atoms with Gasteiger partial charge in [-0.25, -0.2) is 4.98 Å². The average molecular weight is 281 g/mol. The van der Waals surface area contributed by atoms with Crippen molar-refractivity contribution < 1.29 is 9.21 Å². The molecule has 0 atom stereocenters. The van der Waals surface area contributed by atoms with E-state index in [0.29, 0.717) is 18.1 Å². The van der Waals surface area contributed by atoms with Gasteiger partial charge in [-0.05, 0) is 36.8 Å². The van der Waals surface area contributed by atoms with E-state index in [-0.39, 0.29) is 5.91 Å². The number of aromatic nitrogens is 2. The van der Waals surface area contributed by atoms with Gasteiger partial charge in [0.25, 0.3) is 5.91 Å². The van der Waals surface area contributed by atoms with E-state index in [4.69, 9.17) is 4.42 Å². The molecule has 106 valence electrons. The summed E-state index contributed by atoms with van der Waals surface area (Å²) < 4.78 is 7.28. The third-order valence-electron chi connectivity index (χ3n) is 3.07.